The molecule has 6 nitrogen and oxygen atoms in total. The summed E-state index contributed by atoms with van der Waals surface area (Å²) in [5.41, 5.74) is 1.77. The quantitative estimate of drug-likeness (QED) is 0.473. The highest BCUT2D eigenvalue weighted by atomic mass is 35.5. The zero-order chi connectivity index (χ0) is 25.1. The SMILES string of the molecule is O=C(NC(CN1CCCC1)C(O)c1ccc(OC2CCC2)c(Cl)c1)C1CCN(c2ccc(Cl)cc2)C1. The highest BCUT2D eigenvalue weighted by Crippen LogP contribution is 2.33. The molecule has 0 aromatic heterocycles. The summed E-state index contributed by atoms with van der Waals surface area (Å²) in [7, 11) is 0. The van der Waals surface area contributed by atoms with Crippen LogP contribution in [-0.2, 0) is 4.79 Å². The van der Waals surface area contributed by atoms with Crippen LogP contribution in [0, 0.1) is 5.92 Å². The van der Waals surface area contributed by atoms with E-state index in [2.05, 4.69) is 15.1 Å². The van der Waals surface area contributed by atoms with Crippen LogP contribution in [0.4, 0.5) is 5.69 Å². The van der Waals surface area contributed by atoms with E-state index in [1.54, 1.807) is 6.07 Å². The summed E-state index contributed by atoms with van der Waals surface area (Å²) in [5.74, 6) is 0.521. The molecule has 2 N–H and O–H groups in total. The van der Waals surface area contributed by atoms with Gasteiger partial charge in [-0.15, -0.1) is 0 Å². The first-order chi connectivity index (χ1) is 17.5. The Bertz CT molecular complexity index is 1040. The summed E-state index contributed by atoms with van der Waals surface area (Å²) in [6.07, 6.45) is 5.75. The van der Waals surface area contributed by atoms with Crippen LogP contribution in [0.1, 0.15) is 50.2 Å². The number of nitrogens with zero attached hydrogens (tertiary/aromatic N) is 2. The van der Waals surface area contributed by atoms with Gasteiger partial charge in [0.25, 0.3) is 0 Å². The third kappa shape index (κ3) is 6.10. The van der Waals surface area contributed by atoms with E-state index in [9.17, 15) is 9.90 Å². The molecule has 2 aliphatic heterocycles. The molecule has 0 spiro atoms. The van der Waals surface area contributed by atoms with Crippen LogP contribution in [0.3, 0.4) is 0 Å². The summed E-state index contributed by atoms with van der Waals surface area (Å²) in [4.78, 5) is 17.9. The van der Waals surface area contributed by atoms with Crippen LogP contribution in [0.5, 0.6) is 5.75 Å². The summed E-state index contributed by atoms with van der Waals surface area (Å²) >= 11 is 12.5. The van der Waals surface area contributed by atoms with Gasteiger partial charge in [0, 0.05) is 30.3 Å². The van der Waals surface area contributed by atoms with Crippen molar-refractivity contribution >= 4 is 34.8 Å². The van der Waals surface area contributed by atoms with E-state index < -0.39 is 12.1 Å². The Labute approximate surface area is 223 Å². The molecular weight excluding hydrogens is 497 g/mol. The van der Waals surface area contributed by atoms with Crippen molar-refractivity contribution in [3.05, 3.63) is 58.1 Å². The van der Waals surface area contributed by atoms with Gasteiger partial charge in [-0.2, -0.15) is 0 Å². The molecule has 3 aliphatic rings. The monoisotopic (exact) mass is 531 g/mol. The summed E-state index contributed by atoms with van der Waals surface area (Å²) in [5, 5.41) is 15.8. The van der Waals surface area contributed by atoms with Gasteiger partial charge in [0.15, 0.2) is 0 Å². The molecule has 1 amide bonds. The van der Waals surface area contributed by atoms with Gasteiger partial charge in [-0.05, 0) is 93.6 Å². The van der Waals surface area contributed by atoms with Gasteiger partial charge in [0.2, 0.25) is 5.91 Å². The fourth-order valence-corrected chi connectivity index (χ4v) is 5.69. The normalized spacial score (nSPS) is 22.3. The van der Waals surface area contributed by atoms with Gasteiger partial charge in [-0.3, -0.25) is 4.79 Å². The van der Waals surface area contributed by atoms with Crippen LogP contribution in [0.15, 0.2) is 42.5 Å². The molecule has 2 aromatic rings. The lowest BCUT2D eigenvalue weighted by Crippen LogP contribution is -2.48. The first-order valence-electron chi connectivity index (χ1n) is 13.1. The standard InChI is InChI=1S/C28H35Cl2N3O3/c29-21-7-9-22(10-8-21)33-15-12-20(17-33)28(35)31-25(18-32-13-1-2-14-32)27(34)19-6-11-26(24(30)16-19)36-23-4-3-5-23/h6-11,16,20,23,25,27,34H,1-5,12-15,17-18H2,(H,31,35). The maximum Gasteiger partial charge on any atom is 0.225 e. The van der Waals surface area contributed by atoms with Crippen molar-refractivity contribution in [2.45, 2.75) is 56.8 Å². The van der Waals surface area contributed by atoms with Gasteiger partial charge < -0.3 is 25.0 Å². The molecule has 2 heterocycles. The van der Waals surface area contributed by atoms with E-state index in [1.807, 2.05) is 36.4 Å². The molecule has 3 fully saturated rings. The van der Waals surface area contributed by atoms with E-state index >= 15 is 0 Å². The minimum Gasteiger partial charge on any atom is -0.489 e. The average Bonchev–Trinajstić information content (AvgIpc) is 3.54. The fraction of sp³-hybridized carbons (Fsp3) is 0.536. The van der Waals surface area contributed by atoms with Gasteiger partial charge in [0.1, 0.15) is 11.9 Å². The van der Waals surface area contributed by atoms with E-state index in [0.29, 0.717) is 34.4 Å². The second kappa shape index (κ2) is 11.6. The molecule has 36 heavy (non-hydrogen) atoms. The molecule has 0 bridgehead atoms. The number of anilines is 1. The number of carbonyl (C=O) groups is 1. The van der Waals surface area contributed by atoms with Crippen molar-refractivity contribution in [2.24, 2.45) is 5.92 Å². The van der Waals surface area contributed by atoms with Crippen LogP contribution in [0.25, 0.3) is 0 Å². The number of aliphatic hydroxyl groups excluding tert-OH is 1. The molecule has 8 heteroatoms. The van der Waals surface area contributed by atoms with Crippen LogP contribution < -0.4 is 15.0 Å². The highest BCUT2D eigenvalue weighted by molar-refractivity contribution is 6.32. The van der Waals surface area contributed by atoms with Crippen molar-refractivity contribution in [3.63, 3.8) is 0 Å². The zero-order valence-electron chi connectivity index (χ0n) is 20.5. The van der Waals surface area contributed by atoms with Crippen LogP contribution in [-0.4, -0.2) is 60.8 Å². The number of hydrogen-bond donors (Lipinski definition) is 2. The molecule has 194 valence electrons. The van der Waals surface area contributed by atoms with Gasteiger partial charge in [-0.25, -0.2) is 0 Å². The maximum atomic E-state index is 13.3. The number of nitrogens with one attached hydrogen (secondary N) is 1. The third-order valence-corrected chi connectivity index (χ3v) is 8.30. The second-order valence-corrected chi connectivity index (χ2v) is 11.2. The first kappa shape index (κ1) is 25.7. The first-order valence-corrected chi connectivity index (χ1v) is 13.9. The number of ether oxygens (including phenoxy) is 1. The number of halogens is 2. The smallest absolute Gasteiger partial charge is 0.225 e. The lowest BCUT2D eigenvalue weighted by molar-refractivity contribution is -0.126. The molecular formula is C28H35Cl2N3O3. The third-order valence-electron chi connectivity index (χ3n) is 7.76. The zero-order valence-corrected chi connectivity index (χ0v) is 22.1. The van der Waals surface area contributed by atoms with Crippen molar-refractivity contribution in [3.8, 4) is 5.75 Å². The molecule has 0 radical (unpaired) electrons. The minimum atomic E-state index is -0.862. The Morgan fingerprint density at radius 1 is 1.03 bits per heavy atom. The Morgan fingerprint density at radius 2 is 1.78 bits per heavy atom. The van der Waals surface area contributed by atoms with Crippen molar-refractivity contribution in [1.82, 2.24) is 10.2 Å². The van der Waals surface area contributed by atoms with E-state index in [-0.39, 0.29) is 17.9 Å². The maximum absolute atomic E-state index is 13.3. The molecule has 3 unspecified atom stereocenters. The summed E-state index contributed by atoms with van der Waals surface area (Å²) < 4.78 is 5.97. The van der Waals surface area contributed by atoms with Gasteiger partial charge >= 0.3 is 0 Å². The average molecular weight is 533 g/mol. The van der Waals surface area contributed by atoms with E-state index in [1.165, 1.54) is 6.42 Å². The van der Waals surface area contributed by atoms with Crippen molar-refractivity contribution < 1.29 is 14.6 Å². The largest absolute Gasteiger partial charge is 0.489 e. The number of hydrogen-bond acceptors (Lipinski definition) is 5. The molecule has 2 saturated heterocycles. The number of carbonyl (C=O) groups excluding carboxylic acids is 1. The number of aliphatic hydroxyl groups is 1. The van der Waals surface area contributed by atoms with Gasteiger partial charge in [-0.1, -0.05) is 29.3 Å². The highest BCUT2D eigenvalue weighted by Gasteiger charge is 2.33. The summed E-state index contributed by atoms with van der Waals surface area (Å²) in [6, 6.07) is 12.8. The number of likely N-dealkylation sites (tertiary alicyclic amines) is 1. The second-order valence-electron chi connectivity index (χ2n) is 10.3. The van der Waals surface area contributed by atoms with Crippen molar-refractivity contribution in [2.75, 3.05) is 37.6 Å². The topological polar surface area (TPSA) is 65.0 Å². The lowest BCUT2D eigenvalue weighted by atomic mass is 9.96. The summed E-state index contributed by atoms with van der Waals surface area (Å²) in [6.45, 7) is 4.05. The van der Waals surface area contributed by atoms with Crippen molar-refractivity contribution in [1.29, 1.82) is 0 Å². The van der Waals surface area contributed by atoms with E-state index in [0.717, 1.165) is 57.4 Å². The predicted octanol–water partition coefficient (Wildman–Crippen LogP) is 5.07. The number of rotatable bonds is 9. The Hall–Kier alpha value is -1.99. The van der Waals surface area contributed by atoms with Crippen LogP contribution >= 0.6 is 23.2 Å². The Kier molecular flexibility index (Phi) is 8.26. The van der Waals surface area contributed by atoms with Gasteiger partial charge in [0.05, 0.1) is 23.1 Å². The fourth-order valence-electron chi connectivity index (χ4n) is 5.33. The van der Waals surface area contributed by atoms with Crippen LogP contribution in [0.2, 0.25) is 10.0 Å². The number of amides is 1. The predicted molar refractivity (Wildman–Crippen MR) is 144 cm³/mol. The minimum absolute atomic E-state index is 0.00857. The van der Waals surface area contributed by atoms with E-state index in [4.69, 9.17) is 27.9 Å². The lowest BCUT2D eigenvalue weighted by Gasteiger charge is -2.30. The Balaban J connectivity index is 1.25. The molecule has 1 saturated carbocycles. The molecule has 3 atom stereocenters. The molecule has 1 aliphatic carbocycles. The molecule has 5 rings (SSSR count). The Morgan fingerprint density at radius 3 is 2.44 bits per heavy atom. The number of benzene rings is 2. The molecule has 2 aromatic carbocycles.